The van der Waals surface area contributed by atoms with Crippen LogP contribution in [0.3, 0.4) is 0 Å². The first kappa shape index (κ1) is 14.3. The Morgan fingerprint density at radius 3 is 2.71 bits per heavy atom. The molecule has 1 aliphatic rings. The monoisotopic (exact) mass is 250 g/mol. The van der Waals surface area contributed by atoms with Gasteiger partial charge in [0, 0.05) is 0 Å². The fourth-order valence-corrected chi connectivity index (χ4v) is 1.61. The molecule has 6 heteroatoms. The zero-order chi connectivity index (χ0) is 13.3. The molecule has 1 saturated heterocycles. The summed E-state index contributed by atoms with van der Waals surface area (Å²) < 4.78 is 29.2. The first-order valence-electron chi connectivity index (χ1n) is 5.56. The second-order valence-electron chi connectivity index (χ2n) is 4.61. The lowest BCUT2D eigenvalue weighted by atomic mass is 9.97. The van der Waals surface area contributed by atoms with E-state index in [0.717, 1.165) is 6.92 Å². The summed E-state index contributed by atoms with van der Waals surface area (Å²) in [5.74, 6) is -1.98. The Kier molecular flexibility index (Phi) is 4.11. The quantitative estimate of drug-likeness (QED) is 0.747. The predicted molar refractivity (Wildman–Crippen MR) is 57.1 cm³/mol. The molecule has 0 amide bonds. The molecule has 0 spiro atoms. The van der Waals surface area contributed by atoms with Crippen LogP contribution in [0.4, 0.5) is 4.39 Å². The van der Waals surface area contributed by atoms with Crippen molar-refractivity contribution in [3.63, 3.8) is 0 Å². The Bertz CT molecular complexity index is 290. The van der Waals surface area contributed by atoms with Gasteiger partial charge in [-0.1, -0.05) is 0 Å². The molecule has 0 bridgehead atoms. The van der Waals surface area contributed by atoms with E-state index in [9.17, 15) is 14.3 Å². The highest BCUT2D eigenvalue weighted by Crippen LogP contribution is 2.30. The van der Waals surface area contributed by atoms with Gasteiger partial charge in [-0.15, -0.1) is 0 Å². The number of hydrogen-bond acceptors (Lipinski definition) is 5. The molecule has 1 N–H and O–H groups in total. The van der Waals surface area contributed by atoms with Gasteiger partial charge < -0.3 is 19.3 Å². The molecule has 1 heterocycles. The molecular weight excluding hydrogens is 231 g/mol. The van der Waals surface area contributed by atoms with E-state index in [0.29, 0.717) is 0 Å². The molecule has 0 aromatic heterocycles. The number of carbonyl (C=O) groups excluding carboxylic acids is 1. The largest absolute Gasteiger partial charge is 0.464 e. The van der Waals surface area contributed by atoms with Crippen LogP contribution in [0.1, 0.15) is 27.7 Å². The summed E-state index contributed by atoms with van der Waals surface area (Å²) in [5.41, 5.74) is -2.51. The summed E-state index contributed by atoms with van der Waals surface area (Å²) >= 11 is 0. The van der Waals surface area contributed by atoms with Crippen LogP contribution in [-0.4, -0.2) is 48.0 Å². The maximum absolute atomic E-state index is 14.1. The molecule has 0 aliphatic carbocycles. The van der Waals surface area contributed by atoms with Gasteiger partial charge in [0.2, 0.25) is 5.67 Å². The van der Waals surface area contributed by atoms with Gasteiger partial charge in [-0.2, -0.15) is 0 Å². The van der Waals surface area contributed by atoms with Crippen molar-refractivity contribution in [1.29, 1.82) is 0 Å². The van der Waals surface area contributed by atoms with Crippen molar-refractivity contribution >= 4 is 5.97 Å². The second kappa shape index (κ2) is 4.88. The number of aliphatic hydroxyl groups excluding tert-OH is 1. The number of carbonyl (C=O) groups is 1. The molecule has 0 saturated carbocycles. The van der Waals surface area contributed by atoms with Gasteiger partial charge in [-0.05, 0) is 27.7 Å². The molecule has 3 atom stereocenters. The highest BCUT2D eigenvalue weighted by Gasteiger charge is 2.50. The van der Waals surface area contributed by atoms with Crippen molar-refractivity contribution < 1.29 is 28.5 Å². The van der Waals surface area contributed by atoms with Crippen LogP contribution in [0, 0.1) is 0 Å². The maximum Gasteiger partial charge on any atom is 0.346 e. The van der Waals surface area contributed by atoms with E-state index in [2.05, 4.69) is 4.74 Å². The number of alkyl halides is 1. The predicted octanol–water partition coefficient (Wildman–Crippen LogP) is 0.790. The van der Waals surface area contributed by atoms with E-state index in [1.165, 1.54) is 0 Å². The van der Waals surface area contributed by atoms with Gasteiger partial charge in [0.15, 0.2) is 5.79 Å². The first-order valence-corrected chi connectivity index (χ1v) is 5.56. The van der Waals surface area contributed by atoms with Crippen LogP contribution in [0.25, 0.3) is 0 Å². The molecule has 17 heavy (non-hydrogen) atoms. The van der Waals surface area contributed by atoms with Gasteiger partial charge in [0.25, 0.3) is 0 Å². The molecular formula is C11H19FO5. The lowest BCUT2D eigenvalue weighted by Gasteiger charge is -2.28. The summed E-state index contributed by atoms with van der Waals surface area (Å²) in [5, 5.41) is 9.83. The number of halogens is 1. The minimum Gasteiger partial charge on any atom is -0.464 e. The van der Waals surface area contributed by atoms with Crippen LogP contribution in [0.5, 0.6) is 0 Å². The van der Waals surface area contributed by atoms with Crippen LogP contribution in [0.2, 0.25) is 0 Å². The molecule has 0 unspecified atom stereocenters. The Morgan fingerprint density at radius 1 is 1.71 bits per heavy atom. The first-order chi connectivity index (χ1) is 7.70. The van der Waals surface area contributed by atoms with E-state index in [1.807, 2.05) is 0 Å². The van der Waals surface area contributed by atoms with E-state index in [-0.39, 0.29) is 13.2 Å². The summed E-state index contributed by atoms with van der Waals surface area (Å²) in [7, 11) is 0. The minimum absolute atomic E-state index is 0.0348. The summed E-state index contributed by atoms with van der Waals surface area (Å²) in [6.07, 6.45) is -2.51. The van der Waals surface area contributed by atoms with Crippen molar-refractivity contribution in [2.75, 3.05) is 13.2 Å². The van der Waals surface area contributed by atoms with Crippen molar-refractivity contribution in [2.45, 2.75) is 51.4 Å². The van der Waals surface area contributed by atoms with Gasteiger partial charge >= 0.3 is 5.97 Å². The molecule has 0 aromatic carbocycles. The average Bonchev–Trinajstić information content (AvgIpc) is 2.58. The number of ether oxygens (including phenoxy) is 3. The van der Waals surface area contributed by atoms with E-state index < -0.39 is 29.6 Å². The molecule has 1 fully saturated rings. The van der Waals surface area contributed by atoms with E-state index in [1.54, 1.807) is 20.8 Å². The third-order valence-electron chi connectivity index (χ3n) is 2.61. The smallest absolute Gasteiger partial charge is 0.346 e. The number of esters is 1. The minimum atomic E-state index is -2.51. The van der Waals surface area contributed by atoms with Crippen LogP contribution >= 0.6 is 0 Å². The summed E-state index contributed by atoms with van der Waals surface area (Å²) in [6, 6.07) is 0. The molecule has 0 radical (unpaired) electrons. The lowest BCUT2D eigenvalue weighted by Crippen LogP contribution is -2.51. The summed E-state index contributed by atoms with van der Waals surface area (Å²) in [4.78, 5) is 11.4. The Labute approximate surface area is 99.8 Å². The normalized spacial score (nSPS) is 28.5. The fourth-order valence-electron chi connectivity index (χ4n) is 1.61. The maximum atomic E-state index is 14.1. The van der Waals surface area contributed by atoms with Crippen molar-refractivity contribution in [3.8, 4) is 0 Å². The fraction of sp³-hybridized carbons (Fsp3) is 0.909. The SMILES string of the molecule is CCOC(=O)[C@@](C)(F)[C@@H](O)[C@H]1COC(C)(C)O1. The zero-order valence-electron chi connectivity index (χ0n) is 10.5. The second-order valence-corrected chi connectivity index (χ2v) is 4.61. The molecule has 1 rings (SSSR count). The van der Waals surface area contributed by atoms with E-state index >= 15 is 0 Å². The topological polar surface area (TPSA) is 65.0 Å². The average molecular weight is 250 g/mol. The summed E-state index contributed by atoms with van der Waals surface area (Å²) in [6.45, 7) is 5.94. The highest BCUT2D eigenvalue weighted by atomic mass is 19.1. The standard InChI is InChI=1S/C11H19FO5/c1-5-15-9(14)11(4,12)8(13)7-6-16-10(2,3)17-7/h7-8,13H,5-6H2,1-4H3/t7-,8+,11+/m1/s1. The Hall–Kier alpha value is -0.720. The van der Waals surface area contributed by atoms with Crippen molar-refractivity contribution in [1.82, 2.24) is 0 Å². The van der Waals surface area contributed by atoms with Gasteiger partial charge in [-0.3, -0.25) is 0 Å². The van der Waals surface area contributed by atoms with Crippen LogP contribution in [0.15, 0.2) is 0 Å². The zero-order valence-corrected chi connectivity index (χ0v) is 10.5. The van der Waals surface area contributed by atoms with Crippen LogP contribution in [-0.2, 0) is 19.0 Å². The Balaban J connectivity index is 2.69. The molecule has 0 aromatic rings. The lowest BCUT2D eigenvalue weighted by molar-refractivity contribution is -0.183. The molecule has 1 aliphatic heterocycles. The van der Waals surface area contributed by atoms with Gasteiger partial charge in [0.1, 0.15) is 12.2 Å². The number of aliphatic hydroxyl groups is 1. The van der Waals surface area contributed by atoms with Gasteiger partial charge in [0.05, 0.1) is 13.2 Å². The Morgan fingerprint density at radius 2 is 2.29 bits per heavy atom. The third-order valence-corrected chi connectivity index (χ3v) is 2.61. The van der Waals surface area contributed by atoms with E-state index in [4.69, 9.17) is 9.47 Å². The third kappa shape index (κ3) is 3.14. The van der Waals surface area contributed by atoms with Gasteiger partial charge in [-0.25, -0.2) is 9.18 Å². The molecule has 100 valence electrons. The van der Waals surface area contributed by atoms with Crippen molar-refractivity contribution in [3.05, 3.63) is 0 Å². The molecule has 5 nitrogen and oxygen atoms in total. The number of rotatable bonds is 4. The van der Waals surface area contributed by atoms with Crippen molar-refractivity contribution in [2.24, 2.45) is 0 Å². The highest BCUT2D eigenvalue weighted by molar-refractivity contribution is 5.79. The van der Waals surface area contributed by atoms with Crippen LogP contribution < -0.4 is 0 Å². The number of hydrogen-bond donors (Lipinski definition) is 1.